The minimum absolute atomic E-state index is 0.0920. The molecule has 0 radical (unpaired) electrons. The Hall–Kier alpha value is -1.88. The van der Waals surface area contributed by atoms with Gasteiger partial charge in [0.1, 0.15) is 17.0 Å². The van der Waals surface area contributed by atoms with Crippen molar-refractivity contribution in [2.75, 3.05) is 10.7 Å². The Bertz CT molecular complexity index is 727. The molecule has 0 N–H and O–H groups in total. The Morgan fingerprint density at radius 1 is 1.09 bits per heavy atom. The molecule has 0 spiro atoms. The molecule has 5 heteroatoms. The average Bonchev–Trinajstić information content (AvgIpc) is 2.82. The summed E-state index contributed by atoms with van der Waals surface area (Å²) < 4.78 is 27.3. The second-order valence-corrected chi connectivity index (χ2v) is 6.49. The quantitative estimate of drug-likeness (QED) is 0.820. The summed E-state index contributed by atoms with van der Waals surface area (Å²) in [7, 11) is 0. The molecular formula is C17H15F2NOS. The van der Waals surface area contributed by atoms with Gasteiger partial charge < -0.3 is 0 Å². The van der Waals surface area contributed by atoms with Gasteiger partial charge in [0.2, 0.25) is 5.91 Å². The predicted octanol–water partition coefficient (Wildman–Crippen LogP) is 4.36. The zero-order valence-corrected chi connectivity index (χ0v) is 13.1. The molecular weight excluding hydrogens is 304 g/mol. The number of carbonyl (C=O) groups is 1. The highest BCUT2D eigenvalue weighted by atomic mass is 32.2. The maximum atomic E-state index is 13.7. The van der Waals surface area contributed by atoms with Gasteiger partial charge in [-0.2, -0.15) is 0 Å². The highest BCUT2D eigenvalue weighted by molar-refractivity contribution is 8.00. The monoisotopic (exact) mass is 319 g/mol. The van der Waals surface area contributed by atoms with E-state index in [4.69, 9.17) is 0 Å². The normalized spacial score (nSPS) is 18.1. The van der Waals surface area contributed by atoms with Crippen LogP contribution in [0.5, 0.6) is 0 Å². The van der Waals surface area contributed by atoms with Crippen LogP contribution < -0.4 is 4.90 Å². The maximum absolute atomic E-state index is 13.7. The molecule has 0 saturated carbocycles. The number of amides is 1. The SMILES string of the molecule is Cc1cc(F)cc(C2SCC(=O)N2c2cc(F)ccc2C)c1. The van der Waals surface area contributed by atoms with Crippen LogP contribution in [-0.2, 0) is 4.79 Å². The van der Waals surface area contributed by atoms with Crippen LogP contribution in [0.1, 0.15) is 22.1 Å². The lowest BCUT2D eigenvalue weighted by Crippen LogP contribution is -2.28. The van der Waals surface area contributed by atoms with Crippen molar-refractivity contribution < 1.29 is 13.6 Å². The molecule has 1 atom stereocenters. The van der Waals surface area contributed by atoms with Gasteiger partial charge in [0.15, 0.2) is 0 Å². The van der Waals surface area contributed by atoms with E-state index in [1.54, 1.807) is 11.0 Å². The first-order chi connectivity index (χ1) is 10.5. The van der Waals surface area contributed by atoms with Crippen molar-refractivity contribution >= 4 is 23.4 Å². The summed E-state index contributed by atoms with van der Waals surface area (Å²) >= 11 is 1.43. The fourth-order valence-electron chi connectivity index (χ4n) is 2.68. The summed E-state index contributed by atoms with van der Waals surface area (Å²) in [5, 5.41) is -0.331. The van der Waals surface area contributed by atoms with Crippen molar-refractivity contribution in [1.82, 2.24) is 0 Å². The maximum Gasteiger partial charge on any atom is 0.238 e. The number of nitrogens with zero attached hydrogens (tertiary/aromatic N) is 1. The molecule has 114 valence electrons. The van der Waals surface area contributed by atoms with Crippen LogP contribution in [0.25, 0.3) is 0 Å². The molecule has 1 aliphatic heterocycles. The summed E-state index contributed by atoms with van der Waals surface area (Å²) in [6.07, 6.45) is 0. The number of thioether (sulfide) groups is 1. The second-order valence-electron chi connectivity index (χ2n) is 5.42. The van der Waals surface area contributed by atoms with E-state index in [1.807, 2.05) is 19.9 Å². The fourth-order valence-corrected chi connectivity index (χ4v) is 3.83. The smallest absolute Gasteiger partial charge is 0.238 e. The van der Waals surface area contributed by atoms with Crippen molar-refractivity contribution in [3.8, 4) is 0 Å². The Balaban J connectivity index is 2.08. The number of benzene rings is 2. The Morgan fingerprint density at radius 2 is 1.86 bits per heavy atom. The molecule has 2 aromatic carbocycles. The number of aryl methyl sites for hydroxylation is 2. The van der Waals surface area contributed by atoms with Crippen LogP contribution in [0, 0.1) is 25.5 Å². The van der Waals surface area contributed by atoms with Crippen molar-refractivity contribution in [2.24, 2.45) is 0 Å². The molecule has 22 heavy (non-hydrogen) atoms. The molecule has 2 nitrogen and oxygen atoms in total. The van der Waals surface area contributed by atoms with Crippen LogP contribution in [0.3, 0.4) is 0 Å². The first-order valence-corrected chi connectivity index (χ1v) is 7.97. The third-order valence-corrected chi connectivity index (χ3v) is 4.86. The van der Waals surface area contributed by atoms with Crippen molar-refractivity contribution in [3.05, 3.63) is 64.7 Å². The lowest BCUT2D eigenvalue weighted by Gasteiger charge is -2.26. The van der Waals surface area contributed by atoms with Crippen molar-refractivity contribution in [1.29, 1.82) is 0 Å². The van der Waals surface area contributed by atoms with Crippen LogP contribution in [0.4, 0.5) is 14.5 Å². The third-order valence-electron chi connectivity index (χ3n) is 3.65. The fraction of sp³-hybridized carbons (Fsp3) is 0.235. The lowest BCUT2D eigenvalue weighted by atomic mass is 10.1. The summed E-state index contributed by atoms with van der Waals surface area (Å²) in [6.45, 7) is 3.64. The molecule has 1 unspecified atom stereocenters. The van der Waals surface area contributed by atoms with E-state index in [9.17, 15) is 13.6 Å². The minimum Gasteiger partial charge on any atom is -0.295 e. The van der Waals surface area contributed by atoms with Crippen molar-refractivity contribution in [2.45, 2.75) is 19.2 Å². The number of hydrogen-bond acceptors (Lipinski definition) is 2. The standard InChI is InChI=1S/C17H15F2NOS/c1-10-5-12(7-14(19)6-10)17-20(16(21)9-22-17)15-8-13(18)4-3-11(15)2/h3-8,17H,9H2,1-2H3. The number of hydrogen-bond donors (Lipinski definition) is 0. The van der Waals surface area contributed by atoms with E-state index >= 15 is 0 Å². The van der Waals surface area contributed by atoms with Gasteiger partial charge in [-0.1, -0.05) is 12.1 Å². The number of halogens is 2. The molecule has 2 aromatic rings. The molecule has 1 heterocycles. The summed E-state index contributed by atoms with van der Waals surface area (Å²) in [6, 6.07) is 9.12. The number of anilines is 1. The van der Waals surface area contributed by atoms with E-state index < -0.39 is 0 Å². The van der Waals surface area contributed by atoms with E-state index in [1.165, 1.54) is 36.0 Å². The highest BCUT2D eigenvalue weighted by Crippen LogP contribution is 2.43. The van der Waals surface area contributed by atoms with Crippen LogP contribution in [0.15, 0.2) is 36.4 Å². The van der Waals surface area contributed by atoms with E-state index in [0.29, 0.717) is 11.4 Å². The van der Waals surface area contributed by atoms with Gasteiger partial charge in [-0.3, -0.25) is 9.69 Å². The molecule has 1 amide bonds. The Morgan fingerprint density at radius 3 is 2.59 bits per heavy atom. The molecule has 0 aliphatic carbocycles. The van der Waals surface area contributed by atoms with Gasteiger partial charge in [0.05, 0.1) is 11.4 Å². The summed E-state index contributed by atoms with van der Waals surface area (Å²) in [5.74, 6) is -0.508. The second kappa shape index (κ2) is 5.72. The molecule has 3 rings (SSSR count). The van der Waals surface area contributed by atoms with E-state index in [0.717, 1.165) is 16.7 Å². The topological polar surface area (TPSA) is 20.3 Å². The van der Waals surface area contributed by atoms with E-state index in [2.05, 4.69) is 0 Å². The van der Waals surface area contributed by atoms with Gasteiger partial charge in [-0.25, -0.2) is 8.78 Å². The third kappa shape index (κ3) is 2.73. The van der Waals surface area contributed by atoms with Crippen molar-refractivity contribution in [3.63, 3.8) is 0 Å². The predicted molar refractivity (Wildman–Crippen MR) is 85.0 cm³/mol. The Kier molecular flexibility index (Phi) is 3.91. The molecule has 1 saturated heterocycles. The average molecular weight is 319 g/mol. The van der Waals surface area contributed by atoms with Crippen LogP contribution in [-0.4, -0.2) is 11.7 Å². The van der Waals surface area contributed by atoms with Gasteiger partial charge in [-0.15, -0.1) is 11.8 Å². The molecule has 1 aliphatic rings. The Labute approximate surface area is 132 Å². The van der Waals surface area contributed by atoms with Gasteiger partial charge >= 0.3 is 0 Å². The van der Waals surface area contributed by atoms with Crippen LogP contribution in [0.2, 0.25) is 0 Å². The minimum atomic E-state index is -0.389. The highest BCUT2D eigenvalue weighted by Gasteiger charge is 2.35. The first kappa shape index (κ1) is 15.0. The van der Waals surface area contributed by atoms with Gasteiger partial charge in [0.25, 0.3) is 0 Å². The zero-order valence-electron chi connectivity index (χ0n) is 12.3. The molecule has 0 bridgehead atoms. The number of carbonyl (C=O) groups excluding carboxylic acids is 1. The molecule has 1 fully saturated rings. The van der Waals surface area contributed by atoms with Gasteiger partial charge in [-0.05, 0) is 54.8 Å². The zero-order chi connectivity index (χ0) is 15.9. The largest absolute Gasteiger partial charge is 0.295 e. The summed E-state index contributed by atoms with van der Waals surface area (Å²) in [5.41, 5.74) is 2.88. The first-order valence-electron chi connectivity index (χ1n) is 6.92. The summed E-state index contributed by atoms with van der Waals surface area (Å²) in [4.78, 5) is 13.8. The lowest BCUT2D eigenvalue weighted by molar-refractivity contribution is -0.115. The van der Waals surface area contributed by atoms with Gasteiger partial charge in [0, 0.05) is 0 Å². The number of rotatable bonds is 2. The molecule has 0 aromatic heterocycles. The van der Waals surface area contributed by atoms with E-state index in [-0.39, 0.29) is 22.9 Å². The van der Waals surface area contributed by atoms with Crippen LogP contribution >= 0.6 is 11.8 Å².